The van der Waals surface area contributed by atoms with Gasteiger partial charge in [-0.15, -0.1) is 0 Å². The number of hydrogen-bond donors (Lipinski definition) is 3. The van der Waals surface area contributed by atoms with E-state index in [1.54, 1.807) is 0 Å². The van der Waals surface area contributed by atoms with Gasteiger partial charge in [0, 0.05) is 19.4 Å². The number of phosphoric acid groups is 1. The Morgan fingerprint density at radius 1 is 0.534 bits per heavy atom. The van der Waals surface area contributed by atoms with Crippen molar-refractivity contribution in [3.63, 3.8) is 0 Å². The first kappa shape index (κ1) is 56.2. The Hall–Kier alpha value is -1.77. The smallest absolute Gasteiger partial charge is 0.463 e. The summed E-state index contributed by atoms with van der Waals surface area (Å²) in [7, 11) is -4.42. The highest BCUT2D eigenvalue weighted by Gasteiger charge is 2.23. The summed E-state index contributed by atoms with van der Waals surface area (Å²) >= 11 is 0. The fourth-order valence-electron chi connectivity index (χ4n) is 6.68. The highest BCUT2D eigenvalue weighted by molar-refractivity contribution is 7.47. The zero-order valence-electron chi connectivity index (χ0n) is 37.5. The molecule has 58 heavy (non-hydrogen) atoms. The molecular weight excluding hydrogens is 750 g/mol. The molecule has 0 aromatic carbocycles. The van der Waals surface area contributed by atoms with Crippen LogP contribution >= 0.6 is 7.82 Å². The molecule has 0 aromatic heterocycles. The molecule has 0 fully saturated rings. The first-order valence-corrected chi connectivity index (χ1v) is 25.5. The summed E-state index contributed by atoms with van der Waals surface area (Å²) in [6.07, 6.45) is 50.7. The van der Waals surface area contributed by atoms with E-state index in [4.69, 9.17) is 13.8 Å². The van der Waals surface area contributed by atoms with Crippen LogP contribution in [0.15, 0.2) is 36.5 Å². The van der Waals surface area contributed by atoms with Crippen LogP contribution in [0, 0.1) is 0 Å². The van der Waals surface area contributed by atoms with Crippen LogP contribution in [0.2, 0.25) is 0 Å². The number of aliphatic hydroxyl groups excluding tert-OH is 1. The van der Waals surface area contributed by atoms with Crippen molar-refractivity contribution in [3.05, 3.63) is 36.5 Å². The molecule has 0 radical (unpaired) electrons. The Morgan fingerprint density at radius 2 is 0.931 bits per heavy atom. The average Bonchev–Trinajstić information content (AvgIpc) is 3.21. The summed E-state index contributed by atoms with van der Waals surface area (Å²) in [6.45, 7) is 3.54. The van der Waals surface area contributed by atoms with Crippen molar-refractivity contribution in [3.8, 4) is 0 Å². The number of ether oxygens (including phenoxy) is 1. The van der Waals surface area contributed by atoms with Crippen LogP contribution in [0.3, 0.4) is 0 Å². The standard InChI is InChI=1S/C48H90NO8P/c1-3-5-7-9-11-13-15-17-19-21-23-24-26-28-30-32-34-36-38-40-47(51)49-42-43-56-58(53,54)57-45-46(50)44-55-48(52)41-39-37-35-33-31-29-27-25-22-20-18-16-14-12-10-8-6-4-2/h11,13,17,19,23-24,46,50H,3-10,12,14-16,18,20-22,25-45H2,1-2H3,(H,49,51)(H,53,54)/b13-11-,19-17-,24-23-. The summed E-state index contributed by atoms with van der Waals surface area (Å²) in [5, 5.41) is 12.7. The van der Waals surface area contributed by atoms with E-state index in [1.807, 2.05) is 0 Å². The lowest BCUT2D eigenvalue weighted by molar-refractivity contribution is -0.147. The van der Waals surface area contributed by atoms with Crippen molar-refractivity contribution in [2.45, 2.75) is 232 Å². The van der Waals surface area contributed by atoms with Gasteiger partial charge in [0.25, 0.3) is 0 Å². The minimum Gasteiger partial charge on any atom is -0.463 e. The SMILES string of the molecule is CCCCC/C=C\C/C=C\C/C=C\CCCCCCCCC(=O)NCCOP(=O)(O)OCC(O)COC(=O)CCCCCCCCCCCCCCCCCCCC. The predicted molar refractivity (Wildman–Crippen MR) is 243 cm³/mol. The zero-order chi connectivity index (χ0) is 42.5. The third-order valence-electron chi connectivity index (χ3n) is 10.3. The highest BCUT2D eigenvalue weighted by Crippen LogP contribution is 2.42. The molecule has 0 heterocycles. The topological polar surface area (TPSA) is 131 Å². The van der Waals surface area contributed by atoms with E-state index in [-0.39, 0.29) is 32.1 Å². The molecule has 0 saturated heterocycles. The Morgan fingerprint density at radius 3 is 1.43 bits per heavy atom. The number of carbonyl (C=O) groups is 2. The number of carbonyl (C=O) groups excluding carboxylic acids is 2. The van der Waals surface area contributed by atoms with Gasteiger partial charge in [-0.05, 0) is 51.4 Å². The second-order valence-corrected chi connectivity index (χ2v) is 17.5. The molecule has 10 heteroatoms. The Bertz CT molecular complexity index is 1050. The molecule has 2 atom stereocenters. The number of allylic oxidation sites excluding steroid dienone is 6. The highest BCUT2D eigenvalue weighted by atomic mass is 31.2. The van der Waals surface area contributed by atoms with Crippen LogP contribution in [-0.2, 0) is 27.9 Å². The minimum absolute atomic E-state index is 0.0752. The number of aliphatic hydroxyl groups is 1. The molecule has 9 nitrogen and oxygen atoms in total. The maximum absolute atomic E-state index is 12.1. The van der Waals surface area contributed by atoms with E-state index < -0.39 is 26.5 Å². The Balaban J connectivity index is 3.58. The van der Waals surface area contributed by atoms with Crippen molar-refractivity contribution in [2.75, 3.05) is 26.4 Å². The number of hydrogen-bond acceptors (Lipinski definition) is 7. The molecule has 0 saturated carbocycles. The lowest BCUT2D eigenvalue weighted by atomic mass is 10.0. The Labute approximate surface area is 356 Å². The van der Waals surface area contributed by atoms with Crippen molar-refractivity contribution >= 4 is 19.7 Å². The largest absolute Gasteiger partial charge is 0.472 e. The van der Waals surface area contributed by atoms with E-state index in [2.05, 4.69) is 55.6 Å². The summed E-state index contributed by atoms with van der Waals surface area (Å²) in [5.41, 5.74) is 0. The molecule has 3 N–H and O–H groups in total. The van der Waals surface area contributed by atoms with E-state index >= 15 is 0 Å². The monoisotopic (exact) mass is 840 g/mol. The van der Waals surface area contributed by atoms with Gasteiger partial charge in [-0.3, -0.25) is 18.6 Å². The van der Waals surface area contributed by atoms with Crippen LogP contribution in [0.4, 0.5) is 0 Å². The van der Waals surface area contributed by atoms with Crippen LogP contribution in [0.5, 0.6) is 0 Å². The van der Waals surface area contributed by atoms with Gasteiger partial charge in [-0.2, -0.15) is 0 Å². The van der Waals surface area contributed by atoms with Crippen molar-refractivity contribution in [1.82, 2.24) is 5.32 Å². The summed E-state index contributed by atoms with van der Waals surface area (Å²) < 4.78 is 26.9. The Kier molecular flexibility index (Phi) is 43.4. The van der Waals surface area contributed by atoms with Gasteiger partial charge < -0.3 is 20.1 Å². The summed E-state index contributed by atoms with van der Waals surface area (Å²) in [5.74, 6) is -0.522. The maximum Gasteiger partial charge on any atom is 0.472 e. The molecule has 0 aliphatic carbocycles. The fraction of sp³-hybridized carbons (Fsp3) is 0.833. The predicted octanol–water partition coefficient (Wildman–Crippen LogP) is 13.7. The van der Waals surface area contributed by atoms with Gasteiger partial charge in [-0.1, -0.05) is 198 Å². The van der Waals surface area contributed by atoms with Crippen molar-refractivity contribution in [2.24, 2.45) is 0 Å². The number of nitrogens with one attached hydrogen (secondary N) is 1. The molecule has 0 aromatic rings. The first-order valence-electron chi connectivity index (χ1n) is 24.0. The summed E-state index contributed by atoms with van der Waals surface area (Å²) in [4.78, 5) is 34.0. The fourth-order valence-corrected chi connectivity index (χ4v) is 7.44. The number of esters is 1. The normalized spacial score (nSPS) is 13.5. The van der Waals surface area contributed by atoms with Crippen LogP contribution in [0.25, 0.3) is 0 Å². The van der Waals surface area contributed by atoms with Crippen LogP contribution in [0.1, 0.15) is 226 Å². The minimum atomic E-state index is -4.42. The molecule has 340 valence electrons. The van der Waals surface area contributed by atoms with E-state index in [0.717, 1.165) is 64.2 Å². The number of phosphoric ester groups is 1. The number of unbranched alkanes of at least 4 members (excludes halogenated alkanes) is 26. The molecular formula is C48H90NO8P. The second kappa shape index (κ2) is 44.8. The summed E-state index contributed by atoms with van der Waals surface area (Å²) in [6, 6.07) is 0. The van der Waals surface area contributed by atoms with E-state index in [0.29, 0.717) is 6.42 Å². The molecule has 0 rings (SSSR count). The molecule has 0 aliphatic rings. The van der Waals surface area contributed by atoms with Gasteiger partial charge in [-0.25, -0.2) is 4.57 Å². The first-order chi connectivity index (χ1) is 28.3. The quantitative estimate of drug-likeness (QED) is 0.0239. The molecule has 0 aliphatic heterocycles. The molecule has 0 spiro atoms. The second-order valence-electron chi connectivity index (χ2n) is 16.1. The third-order valence-corrected chi connectivity index (χ3v) is 11.3. The van der Waals surface area contributed by atoms with Crippen molar-refractivity contribution < 1.29 is 37.9 Å². The van der Waals surface area contributed by atoms with Gasteiger partial charge in [0.15, 0.2) is 0 Å². The average molecular weight is 840 g/mol. The zero-order valence-corrected chi connectivity index (χ0v) is 38.4. The van der Waals surface area contributed by atoms with Crippen LogP contribution in [-0.4, -0.2) is 54.3 Å². The van der Waals surface area contributed by atoms with E-state index in [1.165, 1.54) is 135 Å². The van der Waals surface area contributed by atoms with Gasteiger partial charge in [0.1, 0.15) is 12.7 Å². The van der Waals surface area contributed by atoms with Crippen LogP contribution < -0.4 is 5.32 Å². The van der Waals surface area contributed by atoms with E-state index in [9.17, 15) is 24.2 Å². The lowest BCUT2D eigenvalue weighted by Gasteiger charge is -2.15. The molecule has 0 bridgehead atoms. The van der Waals surface area contributed by atoms with Gasteiger partial charge in [0.2, 0.25) is 5.91 Å². The third kappa shape index (κ3) is 45.3. The molecule has 1 amide bonds. The molecule has 2 unspecified atom stereocenters. The maximum atomic E-state index is 12.1. The number of rotatable bonds is 45. The lowest BCUT2D eigenvalue weighted by Crippen LogP contribution is -2.27. The number of amides is 1. The van der Waals surface area contributed by atoms with Gasteiger partial charge >= 0.3 is 13.8 Å². The van der Waals surface area contributed by atoms with Gasteiger partial charge in [0.05, 0.1) is 13.2 Å². The van der Waals surface area contributed by atoms with Crippen molar-refractivity contribution in [1.29, 1.82) is 0 Å².